The van der Waals surface area contributed by atoms with Gasteiger partial charge in [-0.1, -0.05) is 24.3 Å². The van der Waals surface area contributed by atoms with Crippen molar-refractivity contribution < 1.29 is 9.59 Å². The lowest BCUT2D eigenvalue weighted by molar-refractivity contribution is -0.127. The zero-order valence-electron chi connectivity index (χ0n) is 12.5. The number of benzene rings is 2. The normalized spacial score (nSPS) is 12.8. The number of hydrogen-bond donors (Lipinski definition) is 1. The van der Waals surface area contributed by atoms with Crippen LogP contribution in [0.3, 0.4) is 0 Å². The van der Waals surface area contributed by atoms with E-state index in [1.54, 1.807) is 25.1 Å². The van der Waals surface area contributed by atoms with Crippen LogP contribution in [0.4, 0.5) is 17.1 Å². The lowest BCUT2D eigenvalue weighted by Gasteiger charge is -2.26. The van der Waals surface area contributed by atoms with Gasteiger partial charge in [0.2, 0.25) is 5.91 Å². The Bertz CT molecular complexity index is 740. The highest BCUT2D eigenvalue weighted by atomic mass is 16.2. The molecule has 0 aromatic heterocycles. The smallest absolute Gasteiger partial charge is 0.257 e. The number of carbonyl (C=O) groups excluding carboxylic acids is 2. The van der Waals surface area contributed by atoms with Crippen LogP contribution in [0.1, 0.15) is 10.4 Å². The van der Waals surface area contributed by atoms with Gasteiger partial charge in [0.15, 0.2) is 0 Å². The molecule has 0 bridgehead atoms. The van der Waals surface area contributed by atoms with E-state index in [4.69, 9.17) is 0 Å². The van der Waals surface area contributed by atoms with Crippen LogP contribution < -0.4 is 10.2 Å². The number of amides is 2. The van der Waals surface area contributed by atoms with E-state index in [9.17, 15) is 9.59 Å². The molecule has 1 N–H and O–H groups in total. The number of nitrogens with one attached hydrogen (secondary N) is 1. The highest BCUT2D eigenvalue weighted by Crippen LogP contribution is 2.37. The minimum Gasteiger partial charge on any atom is -0.347 e. The molecule has 0 saturated heterocycles. The second kappa shape index (κ2) is 5.52. The first-order valence-corrected chi connectivity index (χ1v) is 7.05. The molecule has 2 amide bonds. The van der Waals surface area contributed by atoms with Crippen LogP contribution in [0.15, 0.2) is 48.5 Å². The number of nitrogens with zero attached hydrogens (tertiary/aromatic N) is 2. The molecule has 5 heteroatoms. The first-order chi connectivity index (χ1) is 10.6. The Labute approximate surface area is 129 Å². The Morgan fingerprint density at radius 3 is 2.41 bits per heavy atom. The summed E-state index contributed by atoms with van der Waals surface area (Å²) >= 11 is 0. The van der Waals surface area contributed by atoms with E-state index in [-0.39, 0.29) is 18.4 Å². The summed E-state index contributed by atoms with van der Waals surface area (Å²) < 4.78 is 0. The second-order valence-corrected chi connectivity index (χ2v) is 5.36. The minimum absolute atomic E-state index is 0.0287. The fourth-order valence-corrected chi connectivity index (χ4v) is 2.48. The predicted octanol–water partition coefficient (Wildman–Crippen LogP) is 2.48. The molecule has 1 heterocycles. The summed E-state index contributed by atoms with van der Waals surface area (Å²) in [5.41, 5.74) is 2.82. The van der Waals surface area contributed by atoms with Gasteiger partial charge in [0.05, 0.1) is 22.6 Å². The molecule has 0 unspecified atom stereocenters. The van der Waals surface area contributed by atoms with Gasteiger partial charge in [0.1, 0.15) is 6.54 Å². The summed E-state index contributed by atoms with van der Waals surface area (Å²) in [6, 6.07) is 14.8. The lowest BCUT2D eigenvalue weighted by Crippen LogP contribution is -2.34. The summed E-state index contributed by atoms with van der Waals surface area (Å²) in [6.45, 7) is 0.177. The van der Waals surface area contributed by atoms with E-state index < -0.39 is 0 Å². The topological polar surface area (TPSA) is 52.7 Å². The van der Waals surface area contributed by atoms with Crippen molar-refractivity contribution in [3.05, 3.63) is 54.1 Å². The summed E-state index contributed by atoms with van der Waals surface area (Å²) in [4.78, 5) is 28.0. The van der Waals surface area contributed by atoms with Crippen molar-refractivity contribution in [2.24, 2.45) is 0 Å². The standard InChI is InChI=1S/C17H17N3O2/c1-19(2)16(21)11-20-14-9-5-3-7-12(14)17(22)18-13-8-4-6-10-15(13)20/h3-10H,11H2,1-2H3,(H,18,22). The maximum absolute atomic E-state index is 12.4. The number of carbonyl (C=O) groups is 2. The molecule has 22 heavy (non-hydrogen) atoms. The number of anilines is 3. The van der Waals surface area contributed by atoms with E-state index in [1.165, 1.54) is 0 Å². The average Bonchev–Trinajstić information content (AvgIpc) is 2.63. The van der Waals surface area contributed by atoms with Crippen LogP contribution in [0.5, 0.6) is 0 Å². The minimum atomic E-state index is -0.164. The van der Waals surface area contributed by atoms with E-state index in [2.05, 4.69) is 5.32 Å². The van der Waals surface area contributed by atoms with Crippen LogP contribution in [-0.4, -0.2) is 37.4 Å². The molecule has 5 nitrogen and oxygen atoms in total. The van der Waals surface area contributed by atoms with Gasteiger partial charge in [-0.25, -0.2) is 0 Å². The zero-order valence-corrected chi connectivity index (χ0v) is 12.5. The van der Waals surface area contributed by atoms with Gasteiger partial charge in [-0.3, -0.25) is 9.59 Å². The Balaban J connectivity index is 2.15. The Hall–Kier alpha value is -2.82. The first-order valence-electron chi connectivity index (χ1n) is 7.05. The molecule has 2 aromatic carbocycles. The van der Waals surface area contributed by atoms with Crippen LogP contribution in [0, 0.1) is 0 Å². The predicted molar refractivity (Wildman–Crippen MR) is 86.5 cm³/mol. The molecule has 0 spiro atoms. The molecule has 0 atom stereocenters. The summed E-state index contributed by atoms with van der Waals surface area (Å²) in [5.74, 6) is -0.193. The number of likely N-dealkylation sites (N-methyl/N-ethyl adjacent to an activating group) is 1. The van der Waals surface area contributed by atoms with Crippen LogP contribution >= 0.6 is 0 Å². The molecule has 3 rings (SSSR count). The molecule has 112 valence electrons. The van der Waals surface area contributed by atoms with Crippen molar-refractivity contribution in [2.75, 3.05) is 30.9 Å². The summed E-state index contributed by atoms with van der Waals surface area (Å²) in [7, 11) is 3.45. The quantitative estimate of drug-likeness (QED) is 0.926. The Morgan fingerprint density at radius 1 is 1.05 bits per heavy atom. The van der Waals surface area contributed by atoms with Gasteiger partial charge < -0.3 is 15.1 Å². The molecular weight excluding hydrogens is 278 g/mol. The Morgan fingerprint density at radius 2 is 1.68 bits per heavy atom. The number of para-hydroxylation sites is 3. The fraction of sp³-hybridized carbons (Fsp3) is 0.176. The van der Waals surface area contributed by atoms with Crippen LogP contribution in [-0.2, 0) is 4.79 Å². The zero-order chi connectivity index (χ0) is 15.7. The molecule has 0 aliphatic carbocycles. The maximum atomic E-state index is 12.4. The van der Waals surface area contributed by atoms with Gasteiger partial charge in [-0.15, -0.1) is 0 Å². The monoisotopic (exact) mass is 295 g/mol. The van der Waals surface area contributed by atoms with Crippen molar-refractivity contribution in [1.29, 1.82) is 0 Å². The van der Waals surface area contributed by atoms with E-state index in [0.717, 1.165) is 11.4 Å². The molecule has 2 aromatic rings. The van der Waals surface area contributed by atoms with Crippen LogP contribution in [0.2, 0.25) is 0 Å². The molecular formula is C17H17N3O2. The van der Waals surface area contributed by atoms with Crippen molar-refractivity contribution in [1.82, 2.24) is 4.90 Å². The Kier molecular flexibility index (Phi) is 3.55. The summed E-state index contributed by atoms with van der Waals surface area (Å²) in [6.07, 6.45) is 0. The SMILES string of the molecule is CN(C)C(=O)CN1c2ccccc2NC(=O)c2ccccc21. The third-order valence-corrected chi connectivity index (χ3v) is 3.67. The van der Waals surface area contributed by atoms with Crippen molar-refractivity contribution in [3.8, 4) is 0 Å². The van der Waals surface area contributed by atoms with Gasteiger partial charge in [0.25, 0.3) is 5.91 Å². The van der Waals surface area contributed by atoms with E-state index in [0.29, 0.717) is 11.3 Å². The highest BCUT2D eigenvalue weighted by molar-refractivity contribution is 6.13. The third kappa shape index (κ3) is 2.41. The number of rotatable bonds is 2. The van der Waals surface area contributed by atoms with Crippen molar-refractivity contribution >= 4 is 28.9 Å². The molecule has 0 saturated carbocycles. The van der Waals surface area contributed by atoms with Gasteiger partial charge in [0, 0.05) is 14.1 Å². The fourth-order valence-electron chi connectivity index (χ4n) is 2.48. The highest BCUT2D eigenvalue weighted by Gasteiger charge is 2.26. The average molecular weight is 295 g/mol. The third-order valence-electron chi connectivity index (χ3n) is 3.67. The second-order valence-electron chi connectivity index (χ2n) is 5.36. The van der Waals surface area contributed by atoms with Crippen molar-refractivity contribution in [3.63, 3.8) is 0 Å². The molecule has 0 radical (unpaired) electrons. The maximum Gasteiger partial charge on any atom is 0.257 e. The number of fused-ring (bicyclic) bond motifs is 2. The molecule has 0 fully saturated rings. The largest absolute Gasteiger partial charge is 0.347 e. The molecule has 1 aliphatic heterocycles. The first kappa shape index (κ1) is 14.1. The van der Waals surface area contributed by atoms with Crippen LogP contribution in [0.25, 0.3) is 0 Å². The van der Waals surface area contributed by atoms with Gasteiger partial charge >= 0.3 is 0 Å². The van der Waals surface area contributed by atoms with Gasteiger partial charge in [-0.2, -0.15) is 0 Å². The van der Waals surface area contributed by atoms with Crippen molar-refractivity contribution in [2.45, 2.75) is 0 Å². The van der Waals surface area contributed by atoms with E-state index in [1.807, 2.05) is 47.4 Å². The number of hydrogen-bond acceptors (Lipinski definition) is 3. The van der Waals surface area contributed by atoms with Gasteiger partial charge in [-0.05, 0) is 24.3 Å². The molecule has 1 aliphatic rings. The lowest BCUT2D eigenvalue weighted by atomic mass is 10.1. The summed E-state index contributed by atoms with van der Waals surface area (Å²) in [5, 5.41) is 2.91. The van der Waals surface area contributed by atoms with E-state index >= 15 is 0 Å².